The first-order valence-electron chi connectivity index (χ1n) is 9.77. The minimum atomic E-state index is -0.368. The Bertz CT molecular complexity index is 1080. The molecule has 1 aliphatic rings. The van der Waals surface area contributed by atoms with Gasteiger partial charge in [-0.2, -0.15) is 5.10 Å². The number of rotatable bonds is 6. The van der Waals surface area contributed by atoms with E-state index in [1.165, 1.54) is 4.68 Å². The first kappa shape index (κ1) is 19.2. The lowest BCUT2D eigenvalue weighted by molar-refractivity contribution is -0.118. The van der Waals surface area contributed by atoms with Gasteiger partial charge in [-0.1, -0.05) is 6.07 Å². The third-order valence-electron chi connectivity index (χ3n) is 5.36. The summed E-state index contributed by atoms with van der Waals surface area (Å²) in [6.45, 7) is 2.68. The van der Waals surface area contributed by atoms with Crippen LogP contribution in [0.4, 0.5) is 0 Å². The zero-order chi connectivity index (χ0) is 20.4. The first-order valence-corrected chi connectivity index (χ1v) is 9.77. The van der Waals surface area contributed by atoms with Crippen LogP contribution in [-0.4, -0.2) is 44.3 Å². The SMILES string of the molecule is Cn1ncc(CN2CCC(Oc3cccc4c3ccn4CC(N)=O)CC2)cc1=O. The molecule has 29 heavy (non-hydrogen) atoms. The topological polar surface area (TPSA) is 95.4 Å². The molecule has 8 nitrogen and oxygen atoms in total. The molecule has 1 amide bonds. The number of hydrogen-bond acceptors (Lipinski definition) is 5. The largest absolute Gasteiger partial charge is 0.490 e. The van der Waals surface area contributed by atoms with Gasteiger partial charge in [-0.05, 0) is 36.6 Å². The van der Waals surface area contributed by atoms with Crippen molar-refractivity contribution in [2.24, 2.45) is 12.8 Å². The Labute approximate surface area is 168 Å². The molecule has 2 aromatic heterocycles. The number of piperidine rings is 1. The lowest BCUT2D eigenvalue weighted by atomic mass is 10.1. The number of carbonyl (C=O) groups is 1. The van der Waals surface area contributed by atoms with E-state index in [1.807, 2.05) is 35.0 Å². The van der Waals surface area contributed by atoms with Crippen molar-refractivity contribution in [1.82, 2.24) is 19.2 Å². The summed E-state index contributed by atoms with van der Waals surface area (Å²) in [6, 6.07) is 9.48. The van der Waals surface area contributed by atoms with E-state index in [4.69, 9.17) is 10.5 Å². The van der Waals surface area contributed by atoms with E-state index in [2.05, 4.69) is 10.00 Å². The Hall–Kier alpha value is -3.13. The van der Waals surface area contributed by atoms with Crippen LogP contribution in [0, 0.1) is 0 Å². The van der Waals surface area contributed by atoms with E-state index in [-0.39, 0.29) is 24.1 Å². The Morgan fingerprint density at radius 1 is 1.28 bits per heavy atom. The van der Waals surface area contributed by atoms with Gasteiger partial charge in [0.15, 0.2) is 0 Å². The van der Waals surface area contributed by atoms with Gasteiger partial charge in [0, 0.05) is 44.3 Å². The zero-order valence-electron chi connectivity index (χ0n) is 16.5. The van der Waals surface area contributed by atoms with Crippen molar-refractivity contribution in [3.05, 3.63) is 58.6 Å². The van der Waals surface area contributed by atoms with Gasteiger partial charge >= 0.3 is 0 Å². The molecule has 0 saturated carbocycles. The maximum atomic E-state index is 11.7. The molecule has 0 radical (unpaired) electrons. The molecule has 4 rings (SSSR count). The summed E-state index contributed by atoms with van der Waals surface area (Å²) in [5, 5.41) is 5.07. The third kappa shape index (κ3) is 4.32. The number of primary amides is 1. The molecule has 8 heteroatoms. The smallest absolute Gasteiger partial charge is 0.266 e. The Morgan fingerprint density at radius 2 is 2.07 bits per heavy atom. The van der Waals surface area contributed by atoms with Gasteiger partial charge in [-0.15, -0.1) is 0 Å². The van der Waals surface area contributed by atoms with E-state index in [1.54, 1.807) is 19.3 Å². The van der Waals surface area contributed by atoms with E-state index in [0.717, 1.165) is 54.7 Å². The number of nitrogens with two attached hydrogens (primary N) is 1. The van der Waals surface area contributed by atoms with E-state index in [9.17, 15) is 9.59 Å². The van der Waals surface area contributed by atoms with Crippen molar-refractivity contribution < 1.29 is 9.53 Å². The van der Waals surface area contributed by atoms with Crippen molar-refractivity contribution in [2.75, 3.05) is 13.1 Å². The van der Waals surface area contributed by atoms with Crippen LogP contribution in [0.25, 0.3) is 10.9 Å². The highest BCUT2D eigenvalue weighted by atomic mass is 16.5. The zero-order valence-corrected chi connectivity index (χ0v) is 16.5. The van der Waals surface area contributed by atoms with Crippen LogP contribution in [0.1, 0.15) is 18.4 Å². The van der Waals surface area contributed by atoms with Crippen LogP contribution >= 0.6 is 0 Å². The van der Waals surface area contributed by atoms with E-state index < -0.39 is 0 Å². The summed E-state index contributed by atoms with van der Waals surface area (Å²) in [5.41, 5.74) is 7.12. The minimum absolute atomic E-state index is 0.0860. The van der Waals surface area contributed by atoms with Crippen molar-refractivity contribution >= 4 is 16.8 Å². The van der Waals surface area contributed by atoms with Gasteiger partial charge in [0.25, 0.3) is 5.56 Å². The lowest BCUT2D eigenvalue weighted by Gasteiger charge is -2.32. The molecular formula is C21H25N5O3. The van der Waals surface area contributed by atoms with Crippen molar-refractivity contribution in [3.8, 4) is 5.75 Å². The molecule has 0 bridgehead atoms. The average molecular weight is 395 g/mol. The molecule has 1 saturated heterocycles. The number of carbonyl (C=O) groups excluding carboxylic acids is 1. The average Bonchev–Trinajstić information content (AvgIpc) is 3.10. The summed E-state index contributed by atoms with van der Waals surface area (Å²) >= 11 is 0. The molecule has 1 aromatic carbocycles. The molecule has 0 unspecified atom stereocenters. The van der Waals surface area contributed by atoms with Gasteiger partial charge in [0.1, 0.15) is 18.4 Å². The van der Waals surface area contributed by atoms with E-state index >= 15 is 0 Å². The van der Waals surface area contributed by atoms with Crippen LogP contribution in [0.2, 0.25) is 0 Å². The lowest BCUT2D eigenvalue weighted by Crippen LogP contribution is -2.38. The number of likely N-dealkylation sites (tertiary alicyclic amines) is 1. The molecule has 152 valence electrons. The third-order valence-corrected chi connectivity index (χ3v) is 5.36. The fourth-order valence-corrected chi connectivity index (χ4v) is 3.82. The second-order valence-corrected chi connectivity index (χ2v) is 7.52. The van der Waals surface area contributed by atoms with Gasteiger partial charge < -0.3 is 15.0 Å². The van der Waals surface area contributed by atoms with Crippen LogP contribution in [-0.2, 0) is 24.9 Å². The number of aryl methyl sites for hydroxylation is 1. The highest BCUT2D eigenvalue weighted by Gasteiger charge is 2.22. The first-order chi connectivity index (χ1) is 14.0. The van der Waals surface area contributed by atoms with Gasteiger partial charge in [-0.25, -0.2) is 4.68 Å². The van der Waals surface area contributed by atoms with E-state index in [0.29, 0.717) is 0 Å². The summed E-state index contributed by atoms with van der Waals surface area (Å²) < 4.78 is 9.47. The van der Waals surface area contributed by atoms with Crippen molar-refractivity contribution in [1.29, 1.82) is 0 Å². The normalized spacial score (nSPS) is 15.6. The fourth-order valence-electron chi connectivity index (χ4n) is 3.82. The number of benzene rings is 1. The predicted octanol–water partition coefficient (Wildman–Crippen LogP) is 1.26. The van der Waals surface area contributed by atoms with Gasteiger partial charge in [0.05, 0.1) is 11.7 Å². The van der Waals surface area contributed by atoms with Crippen LogP contribution in [0.5, 0.6) is 5.75 Å². The quantitative estimate of drug-likeness (QED) is 0.678. The second-order valence-electron chi connectivity index (χ2n) is 7.52. The van der Waals surface area contributed by atoms with Crippen molar-refractivity contribution in [3.63, 3.8) is 0 Å². The highest BCUT2D eigenvalue weighted by molar-refractivity contribution is 5.87. The molecule has 1 aliphatic heterocycles. The molecule has 0 atom stereocenters. The molecule has 2 N–H and O–H groups in total. The maximum Gasteiger partial charge on any atom is 0.266 e. The summed E-state index contributed by atoms with van der Waals surface area (Å²) in [7, 11) is 1.65. The summed E-state index contributed by atoms with van der Waals surface area (Å²) in [6.07, 6.45) is 5.58. The second kappa shape index (κ2) is 8.08. The number of ether oxygens (including phenoxy) is 1. The minimum Gasteiger partial charge on any atom is -0.490 e. The number of aromatic nitrogens is 3. The molecule has 1 fully saturated rings. The predicted molar refractivity (Wildman–Crippen MR) is 110 cm³/mol. The molecule has 3 heterocycles. The number of fused-ring (bicyclic) bond motifs is 1. The number of nitrogens with zero attached hydrogens (tertiary/aromatic N) is 4. The fraction of sp³-hybridized carbons (Fsp3) is 0.381. The molecule has 3 aromatic rings. The van der Waals surface area contributed by atoms with Gasteiger partial charge in [-0.3, -0.25) is 14.5 Å². The Morgan fingerprint density at radius 3 is 2.79 bits per heavy atom. The molecule has 0 spiro atoms. The standard InChI is InChI=1S/C21H25N5O3/c1-24-21(28)11-15(12-23-24)13-25-8-5-16(6-9-25)29-19-4-2-3-18-17(19)7-10-26(18)14-20(22)27/h2-4,7,10-12,16H,5-6,8-9,13-14H2,1H3,(H2,22,27). The molecule has 0 aliphatic carbocycles. The van der Waals surface area contributed by atoms with Crippen LogP contribution in [0.3, 0.4) is 0 Å². The molecular weight excluding hydrogens is 370 g/mol. The summed E-state index contributed by atoms with van der Waals surface area (Å²) in [5.74, 6) is 0.465. The maximum absolute atomic E-state index is 11.7. The summed E-state index contributed by atoms with van der Waals surface area (Å²) in [4.78, 5) is 25.3. The Balaban J connectivity index is 1.38. The number of amides is 1. The number of hydrogen-bond donors (Lipinski definition) is 1. The van der Waals surface area contributed by atoms with Gasteiger partial charge in [0.2, 0.25) is 5.91 Å². The monoisotopic (exact) mass is 395 g/mol. The highest BCUT2D eigenvalue weighted by Crippen LogP contribution is 2.29. The Kier molecular flexibility index (Phi) is 5.35. The van der Waals surface area contributed by atoms with Crippen molar-refractivity contribution in [2.45, 2.75) is 32.0 Å². The van der Waals surface area contributed by atoms with Crippen LogP contribution in [0.15, 0.2) is 47.5 Å². The van der Waals surface area contributed by atoms with Crippen LogP contribution < -0.4 is 16.0 Å².